The van der Waals surface area contributed by atoms with Crippen LogP contribution in [-0.4, -0.2) is 76.7 Å². The largest absolute Gasteiger partial charge is 0.496 e. The van der Waals surface area contributed by atoms with Crippen LogP contribution in [0.15, 0.2) is 23.1 Å². The third kappa shape index (κ3) is 5.33. The first kappa shape index (κ1) is 21.0. The lowest BCUT2D eigenvalue weighted by atomic mass is 10.2. The van der Waals surface area contributed by atoms with E-state index in [2.05, 4.69) is 4.72 Å². The summed E-state index contributed by atoms with van der Waals surface area (Å²) >= 11 is 0. The first-order valence-electron chi connectivity index (χ1n) is 8.62. The van der Waals surface area contributed by atoms with Gasteiger partial charge in [-0.1, -0.05) is 0 Å². The number of carbonyl (C=O) groups is 2. The molecule has 0 radical (unpaired) electrons. The van der Waals surface area contributed by atoms with E-state index in [9.17, 15) is 18.0 Å². The standard InChI is InChI=1S/C17H25N3O6S/c1-4-26-17(22)20-9-7-19(8-10-20)16(21)12-18-27(23,24)14-5-6-15(25-3)13(2)11-14/h5-6,11,18H,4,7-10,12H2,1-3H3. The summed E-state index contributed by atoms with van der Waals surface area (Å²) in [5.41, 5.74) is 0.682. The fourth-order valence-electron chi connectivity index (χ4n) is 2.72. The normalized spacial score (nSPS) is 14.8. The Kier molecular flexibility index (Phi) is 7.03. The van der Waals surface area contributed by atoms with Crippen LogP contribution in [0.4, 0.5) is 4.79 Å². The number of methoxy groups -OCH3 is 1. The molecule has 1 aromatic carbocycles. The van der Waals surface area contributed by atoms with E-state index in [4.69, 9.17) is 9.47 Å². The van der Waals surface area contributed by atoms with Crippen molar-refractivity contribution < 1.29 is 27.5 Å². The molecule has 2 amide bonds. The van der Waals surface area contributed by atoms with Crippen molar-refractivity contribution in [2.75, 3.05) is 46.4 Å². The molecule has 0 aliphatic carbocycles. The Labute approximate surface area is 159 Å². The highest BCUT2D eigenvalue weighted by Crippen LogP contribution is 2.21. The van der Waals surface area contributed by atoms with Gasteiger partial charge in [0.2, 0.25) is 15.9 Å². The van der Waals surface area contributed by atoms with Gasteiger partial charge in [-0.05, 0) is 37.6 Å². The van der Waals surface area contributed by atoms with Crippen LogP contribution in [0.1, 0.15) is 12.5 Å². The lowest BCUT2D eigenvalue weighted by molar-refractivity contribution is -0.131. The zero-order chi connectivity index (χ0) is 20.0. The second-order valence-corrected chi connectivity index (χ2v) is 7.79. The van der Waals surface area contributed by atoms with Crippen LogP contribution < -0.4 is 9.46 Å². The highest BCUT2D eigenvalue weighted by atomic mass is 32.2. The number of carbonyl (C=O) groups excluding carboxylic acids is 2. The number of hydrogen-bond donors (Lipinski definition) is 1. The van der Waals surface area contributed by atoms with Crippen LogP contribution in [0.3, 0.4) is 0 Å². The van der Waals surface area contributed by atoms with Crippen molar-refractivity contribution in [2.45, 2.75) is 18.7 Å². The lowest BCUT2D eigenvalue weighted by Crippen LogP contribution is -2.52. The maximum absolute atomic E-state index is 12.4. The van der Waals surface area contributed by atoms with Crippen molar-refractivity contribution in [3.05, 3.63) is 23.8 Å². The molecule has 1 aliphatic rings. The van der Waals surface area contributed by atoms with Gasteiger partial charge in [0.1, 0.15) is 5.75 Å². The summed E-state index contributed by atoms with van der Waals surface area (Å²) in [4.78, 5) is 27.1. The number of amides is 2. The fraction of sp³-hybridized carbons (Fsp3) is 0.529. The number of benzene rings is 1. The predicted molar refractivity (Wildman–Crippen MR) is 98.1 cm³/mol. The number of hydrogen-bond acceptors (Lipinski definition) is 6. The number of nitrogens with zero attached hydrogens (tertiary/aromatic N) is 2. The zero-order valence-corrected chi connectivity index (χ0v) is 16.5. The number of piperazine rings is 1. The summed E-state index contributed by atoms with van der Waals surface area (Å²) in [5.74, 6) is 0.247. The second kappa shape index (κ2) is 9.05. The van der Waals surface area contributed by atoms with Crippen molar-refractivity contribution in [2.24, 2.45) is 0 Å². The maximum Gasteiger partial charge on any atom is 0.409 e. The number of sulfonamides is 1. The van der Waals surface area contributed by atoms with Gasteiger partial charge >= 0.3 is 6.09 Å². The Morgan fingerprint density at radius 2 is 1.78 bits per heavy atom. The Balaban J connectivity index is 1.90. The van der Waals surface area contributed by atoms with Gasteiger partial charge in [-0.15, -0.1) is 0 Å². The van der Waals surface area contributed by atoms with Crippen LogP contribution >= 0.6 is 0 Å². The first-order chi connectivity index (χ1) is 12.8. The minimum absolute atomic E-state index is 0.0701. The Morgan fingerprint density at radius 3 is 2.33 bits per heavy atom. The van der Waals surface area contributed by atoms with Crippen LogP contribution in [0.5, 0.6) is 5.75 Å². The van der Waals surface area contributed by atoms with Crippen molar-refractivity contribution in [1.82, 2.24) is 14.5 Å². The third-order valence-corrected chi connectivity index (χ3v) is 5.65. The van der Waals surface area contributed by atoms with E-state index < -0.39 is 16.1 Å². The minimum atomic E-state index is -3.81. The predicted octanol–water partition coefficient (Wildman–Crippen LogP) is 0.583. The fourth-order valence-corrected chi connectivity index (χ4v) is 3.78. The molecule has 9 nitrogen and oxygen atoms in total. The van der Waals surface area contributed by atoms with Gasteiger partial charge in [0, 0.05) is 26.2 Å². The molecule has 150 valence electrons. The van der Waals surface area contributed by atoms with E-state index >= 15 is 0 Å². The average Bonchev–Trinajstić information content (AvgIpc) is 2.66. The summed E-state index contributed by atoms with van der Waals surface area (Å²) in [7, 11) is -2.30. The Bertz CT molecular complexity index is 788. The Morgan fingerprint density at radius 1 is 1.15 bits per heavy atom. The van der Waals surface area contributed by atoms with E-state index in [0.717, 1.165) is 0 Å². The van der Waals surface area contributed by atoms with Gasteiger partial charge < -0.3 is 19.3 Å². The van der Waals surface area contributed by atoms with Gasteiger partial charge in [0.25, 0.3) is 0 Å². The minimum Gasteiger partial charge on any atom is -0.496 e. The molecule has 1 heterocycles. The molecule has 0 aromatic heterocycles. The molecule has 0 spiro atoms. The number of rotatable bonds is 6. The monoisotopic (exact) mass is 399 g/mol. The summed E-state index contributed by atoms with van der Waals surface area (Å²) in [6.45, 7) is 4.81. The maximum atomic E-state index is 12.4. The van der Waals surface area contributed by atoms with Gasteiger partial charge in [-0.25, -0.2) is 17.9 Å². The van der Waals surface area contributed by atoms with E-state index in [1.54, 1.807) is 19.9 Å². The smallest absolute Gasteiger partial charge is 0.409 e. The van der Waals surface area contributed by atoms with Gasteiger partial charge in [0.05, 0.1) is 25.2 Å². The van der Waals surface area contributed by atoms with Crippen LogP contribution in [0, 0.1) is 6.92 Å². The second-order valence-electron chi connectivity index (χ2n) is 6.02. The highest BCUT2D eigenvalue weighted by Gasteiger charge is 2.26. The summed E-state index contributed by atoms with van der Waals surface area (Å²) in [6.07, 6.45) is -0.403. The molecule has 1 aromatic rings. The molecule has 1 aliphatic heterocycles. The molecular formula is C17H25N3O6S. The molecule has 1 fully saturated rings. The van der Waals surface area contributed by atoms with Crippen molar-refractivity contribution >= 4 is 22.0 Å². The quantitative estimate of drug-likeness (QED) is 0.750. The summed E-state index contributed by atoms with van der Waals surface area (Å²) in [6, 6.07) is 4.49. The highest BCUT2D eigenvalue weighted by molar-refractivity contribution is 7.89. The van der Waals surface area contributed by atoms with Crippen molar-refractivity contribution in [1.29, 1.82) is 0 Å². The van der Waals surface area contributed by atoms with E-state index in [0.29, 0.717) is 44.1 Å². The molecule has 0 atom stereocenters. The lowest BCUT2D eigenvalue weighted by Gasteiger charge is -2.34. The van der Waals surface area contributed by atoms with Crippen LogP contribution in [-0.2, 0) is 19.6 Å². The molecular weight excluding hydrogens is 374 g/mol. The molecule has 0 unspecified atom stereocenters. The van der Waals surface area contributed by atoms with E-state index in [1.807, 2.05) is 0 Å². The number of nitrogens with one attached hydrogen (secondary N) is 1. The van der Waals surface area contributed by atoms with E-state index in [-0.39, 0.29) is 17.3 Å². The topological polar surface area (TPSA) is 105 Å². The van der Waals surface area contributed by atoms with Crippen molar-refractivity contribution in [3.63, 3.8) is 0 Å². The number of aryl methyl sites for hydroxylation is 1. The summed E-state index contributed by atoms with van der Waals surface area (Å²) < 4.78 is 37.2. The van der Waals surface area contributed by atoms with Gasteiger partial charge in [0.15, 0.2) is 0 Å². The summed E-state index contributed by atoms with van der Waals surface area (Å²) in [5, 5.41) is 0. The molecule has 27 heavy (non-hydrogen) atoms. The van der Waals surface area contributed by atoms with Crippen LogP contribution in [0.2, 0.25) is 0 Å². The molecule has 2 rings (SSSR count). The van der Waals surface area contributed by atoms with Gasteiger partial charge in [-0.2, -0.15) is 0 Å². The third-order valence-electron chi connectivity index (χ3n) is 4.25. The number of ether oxygens (including phenoxy) is 2. The molecule has 1 saturated heterocycles. The average molecular weight is 399 g/mol. The zero-order valence-electron chi connectivity index (χ0n) is 15.7. The molecule has 10 heteroatoms. The van der Waals surface area contributed by atoms with E-state index in [1.165, 1.54) is 29.0 Å². The molecule has 0 bridgehead atoms. The van der Waals surface area contributed by atoms with Gasteiger partial charge in [-0.3, -0.25) is 4.79 Å². The van der Waals surface area contributed by atoms with Crippen LogP contribution in [0.25, 0.3) is 0 Å². The van der Waals surface area contributed by atoms with Crippen molar-refractivity contribution in [3.8, 4) is 5.75 Å². The Hall–Kier alpha value is -2.33. The molecule has 1 N–H and O–H groups in total. The molecule has 0 saturated carbocycles. The SMILES string of the molecule is CCOC(=O)N1CCN(C(=O)CNS(=O)(=O)c2ccc(OC)c(C)c2)CC1. The first-order valence-corrected chi connectivity index (χ1v) is 10.1.